The average Bonchev–Trinajstić information content (AvgIpc) is 2.67. The van der Waals surface area contributed by atoms with Crippen molar-refractivity contribution in [3.8, 4) is 5.75 Å². The van der Waals surface area contributed by atoms with E-state index in [1.54, 1.807) is 4.90 Å². The molecule has 2 rings (SSSR count). The molecule has 0 saturated carbocycles. The number of carbonyl (C=O) groups excluding carboxylic acids is 1. The number of nitrogens with zero attached hydrogens (tertiary/aromatic N) is 3. The quantitative estimate of drug-likeness (QED) is 0.372. The van der Waals surface area contributed by atoms with Gasteiger partial charge >= 0.3 is 18.4 Å². The fourth-order valence-electron chi connectivity index (χ4n) is 3.67. The van der Waals surface area contributed by atoms with Crippen LogP contribution in [0.1, 0.15) is 43.6 Å². The molecule has 0 bridgehead atoms. The second-order valence-electron chi connectivity index (χ2n) is 8.60. The minimum Gasteiger partial charge on any atom is -0.465 e. The van der Waals surface area contributed by atoms with Crippen LogP contribution in [0, 0.1) is 15.5 Å². The van der Waals surface area contributed by atoms with Gasteiger partial charge in [-0.25, -0.2) is 9.59 Å². The van der Waals surface area contributed by atoms with E-state index in [-0.39, 0.29) is 38.3 Å². The number of rotatable bonds is 6. The molecule has 1 heterocycles. The standard InChI is InChI=1S/C20H26F3N3O7/c1-5-32-17(27)13-9-15(33-20(21,22)23)12(8-14(13)26(30)31)10-24-6-7-25(18(28)29)16(11-24)19(2,3)4/h8-9,16H,5-7,10-11H2,1-4H3,(H,28,29). The molecule has 13 heteroatoms. The highest BCUT2D eigenvalue weighted by Crippen LogP contribution is 2.35. The number of carboxylic acid groups (broad SMARTS) is 1. The number of esters is 1. The summed E-state index contributed by atoms with van der Waals surface area (Å²) in [5.74, 6) is -1.91. The molecule has 0 aliphatic carbocycles. The molecule has 1 aliphatic rings. The van der Waals surface area contributed by atoms with Gasteiger partial charge in [0.2, 0.25) is 0 Å². The van der Waals surface area contributed by atoms with E-state index in [0.717, 1.165) is 6.07 Å². The van der Waals surface area contributed by atoms with Crippen LogP contribution in [-0.2, 0) is 11.3 Å². The van der Waals surface area contributed by atoms with Gasteiger partial charge in [0.25, 0.3) is 5.69 Å². The lowest BCUT2D eigenvalue weighted by Gasteiger charge is -2.46. The van der Waals surface area contributed by atoms with Crippen molar-refractivity contribution < 1.29 is 42.3 Å². The third-order valence-corrected chi connectivity index (χ3v) is 5.20. The molecule has 1 amide bonds. The maximum atomic E-state index is 13.0. The van der Waals surface area contributed by atoms with Crippen molar-refractivity contribution in [1.29, 1.82) is 0 Å². The van der Waals surface area contributed by atoms with Gasteiger partial charge < -0.3 is 19.5 Å². The van der Waals surface area contributed by atoms with E-state index >= 15 is 0 Å². The summed E-state index contributed by atoms with van der Waals surface area (Å²) in [7, 11) is 0. The first-order valence-corrected chi connectivity index (χ1v) is 10.1. The van der Waals surface area contributed by atoms with Crippen molar-refractivity contribution in [3.05, 3.63) is 33.4 Å². The van der Waals surface area contributed by atoms with Crippen LogP contribution in [0.2, 0.25) is 0 Å². The number of amides is 1. The summed E-state index contributed by atoms with van der Waals surface area (Å²) in [4.78, 5) is 37.3. The maximum Gasteiger partial charge on any atom is 0.573 e. The molecule has 33 heavy (non-hydrogen) atoms. The summed E-state index contributed by atoms with van der Waals surface area (Å²) in [6.45, 7) is 7.15. The van der Waals surface area contributed by atoms with Crippen LogP contribution in [0.4, 0.5) is 23.7 Å². The van der Waals surface area contributed by atoms with Crippen LogP contribution in [0.5, 0.6) is 5.75 Å². The van der Waals surface area contributed by atoms with Gasteiger partial charge in [-0.15, -0.1) is 13.2 Å². The second-order valence-corrected chi connectivity index (χ2v) is 8.60. The average molecular weight is 477 g/mol. The van der Waals surface area contributed by atoms with Crippen molar-refractivity contribution in [2.45, 2.75) is 46.6 Å². The number of halogens is 3. The van der Waals surface area contributed by atoms with E-state index in [1.807, 2.05) is 20.8 Å². The molecule has 1 fully saturated rings. The monoisotopic (exact) mass is 477 g/mol. The summed E-state index contributed by atoms with van der Waals surface area (Å²) < 4.78 is 47.9. The molecule has 1 aromatic carbocycles. The lowest BCUT2D eigenvalue weighted by molar-refractivity contribution is -0.385. The van der Waals surface area contributed by atoms with Crippen LogP contribution in [-0.4, -0.2) is 70.5 Å². The Kier molecular flexibility index (Phi) is 7.78. The topological polar surface area (TPSA) is 122 Å². The predicted molar refractivity (Wildman–Crippen MR) is 109 cm³/mol. The summed E-state index contributed by atoms with van der Waals surface area (Å²) in [5.41, 5.74) is -2.01. The highest BCUT2D eigenvalue weighted by Gasteiger charge is 2.39. The first kappa shape index (κ1) is 26.2. The third-order valence-electron chi connectivity index (χ3n) is 5.20. The Bertz CT molecular complexity index is 915. The highest BCUT2D eigenvalue weighted by molar-refractivity contribution is 5.94. The number of nitro benzene ring substituents is 1. The van der Waals surface area contributed by atoms with Gasteiger partial charge in [-0.1, -0.05) is 20.8 Å². The Balaban J connectivity index is 2.47. The Hall–Kier alpha value is -3.09. The molecular weight excluding hydrogens is 451 g/mol. The fraction of sp³-hybridized carbons (Fsp3) is 0.600. The Morgan fingerprint density at radius 3 is 2.36 bits per heavy atom. The summed E-state index contributed by atoms with van der Waals surface area (Å²) in [6.07, 6.45) is -6.21. The first-order chi connectivity index (χ1) is 15.1. The summed E-state index contributed by atoms with van der Waals surface area (Å²) in [5, 5.41) is 21.0. The molecule has 1 saturated heterocycles. The Morgan fingerprint density at radius 1 is 1.24 bits per heavy atom. The Labute approximate surface area is 188 Å². The van der Waals surface area contributed by atoms with E-state index in [2.05, 4.69) is 4.74 Å². The number of nitro groups is 1. The fourth-order valence-corrected chi connectivity index (χ4v) is 3.67. The van der Waals surface area contributed by atoms with Crippen LogP contribution >= 0.6 is 0 Å². The first-order valence-electron chi connectivity index (χ1n) is 10.1. The van der Waals surface area contributed by atoms with Crippen molar-refractivity contribution >= 4 is 17.7 Å². The van der Waals surface area contributed by atoms with E-state index in [4.69, 9.17) is 4.74 Å². The number of alkyl halides is 3. The molecular formula is C20H26F3N3O7. The number of carbonyl (C=O) groups is 2. The summed E-state index contributed by atoms with van der Waals surface area (Å²) in [6, 6.07) is 1.06. The lowest BCUT2D eigenvalue weighted by Crippen LogP contribution is -2.59. The molecule has 1 unspecified atom stereocenters. The highest BCUT2D eigenvalue weighted by atomic mass is 19.4. The van der Waals surface area contributed by atoms with Gasteiger partial charge in [-0.05, 0) is 12.3 Å². The van der Waals surface area contributed by atoms with E-state index in [1.165, 1.54) is 11.8 Å². The zero-order chi connectivity index (χ0) is 25.1. The van der Waals surface area contributed by atoms with Crippen LogP contribution in [0.3, 0.4) is 0 Å². The predicted octanol–water partition coefficient (Wildman–Crippen LogP) is 3.88. The molecule has 0 radical (unpaired) electrons. The largest absolute Gasteiger partial charge is 0.573 e. The van der Waals surface area contributed by atoms with Gasteiger partial charge in [0, 0.05) is 43.9 Å². The minimum absolute atomic E-state index is 0.107. The van der Waals surface area contributed by atoms with Crippen molar-refractivity contribution in [2.75, 3.05) is 26.2 Å². The molecule has 1 N–H and O–H groups in total. The van der Waals surface area contributed by atoms with Gasteiger partial charge in [-0.2, -0.15) is 0 Å². The third kappa shape index (κ3) is 6.70. The summed E-state index contributed by atoms with van der Waals surface area (Å²) >= 11 is 0. The van der Waals surface area contributed by atoms with Crippen molar-refractivity contribution in [1.82, 2.24) is 9.80 Å². The van der Waals surface area contributed by atoms with Gasteiger partial charge in [0.1, 0.15) is 11.3 Å². The molecule has 1 atom stereocenters. The number of hydrogen-bond acceptors (Lipinski definition) is 7. The molecule has 0 spiro atoms. The zero-order valence-corrected chi connectivity index (χ0v) is 18.6. The number of ether oxygens (including phenoxy) is 2. The molecule has 10 nitrogen and oxygen atoms in total. The molecule has 1 aliphatic heterocycles. The smallest absolute Gasteiger partial charge is 0.465 e. The SMILES string of the molecule is CCOC(=O)c1cc(OC(F)(F)F)c(CN2CCN(C(=O)O)C(C(C)(C)C)C2)cc1[N+](=O)[O-]. The van der Waals surface area contributed by atoms with E-state index in [9.17, 15) is 38.0 Å². The number of hydrogen-bond donors (Lipinski definition) is 1. The van der Waals surface area contributed by atoms with E-state index in [0.29, 0.717) is 6.07 Å². The second kappa shape index (κ2) is 9.81. The number of piperazine rings is 1. The maximum absolute atomic E-state index is 13.0. The van der Waals surface area contributed by atoms with Crippen LogP contribution in [0.25, 0.3) is 0 Å². The Morgan fingerprint density at radius 2 is 1.88 bits per heavy atom. The lowest BCUT2D eigenvalue weighted by atomic mass is 9.84. The molecule has 1 aromatic rings. The molecule has 184 valence electrons. The van der Waals surface area contributed by atoms with Gasteiger partial charge in [-0.3, -0.25) is 15.0 Å². The normalized spacial score (nSPS) is 17.5. The number of benzene rings is 1. The van der Waals surface area contributed by atoms with Gasteiger partial charge in [0.05, 0.1) is 17.6 Å². The van der Waals surface area contributed by atoms with Crippen LogP contribution in [0.15, 0.2) is 12.1 Å². The van der Waals surface area contributed by atoms with Crippen molar-refractivity contribution in [3.63, 3.8) is 0 Å². The zero-order valence-electron chi connectivity index (χ0n) is 18.6. The van der Waals surface area contributed by atoms with E-state index < -0.39 is 51.8 Å². The van der Waals surface area contributed by atoms with Gasteiger partial charge in [0.15, 0.2) is 0 Å². The minimum atomic E-state index is -5.10. The van der Waals surface area contributed by atoms with Crippen molar-refractivity contribution in [2.24, 2.45) is 5.41 Å². The molecule has 0 aromatic heterocycles. The van der Waals surface area contributed by atoms with Crippen LogP contribution < -0.4 is 4.74 Å².